The lowest BCUT2D eigenvalue weighted by atomic mass is 9.96. The lowest BCUT2D eigenvalue weighted by molar-refractivity contribution is 0.0678. The zero-order valence-electron chi connectivity index (χ0n) is 22.2. The maximum Gasteiger partial charge on any atom is 0.138 e. The highest BCUT2D eigenvalue weighted by Crippen LogP contribution is 2.37. The molecule has 0 aliphatic carbocycles. The maximum absolute atomic E-state index is 5.54. The second kappa shape index (κ2) is 11.6. The quantitative estimate of drug-likeness (QED) is 0.364. The molecule has 6 heteroatoms. The van der Waals surface area contributed by atoms with Crippen molar-refractivity contribution in [2.24, 2.45) is 10.9 Å². The molecule has 0 amide bonds. The summed E-state index contributed by atoms with van der Waals surface area (Å²) in [6, 6.07) is 12.6. The molecule has 1 aromatic heterocycles. The van der Waals surface area contributed by atoms with E-state index < -0.39 is 0 Å². The van der Waals surface area contributed by atoms with Gasteiger partial charge < -0.3 is 19.4 Å². The van der Waals surface area contributed by atoms with Crippen molar-refractivity contribution in [3.05, 3.63) is 84.5 Å². The Labute approximate surface area is 216 Å². The van der Waals surface area contributed by atoms with Gasteiger partial charge in [-0.3, -0.25) is 4.98 Å². The molecule has 2 aromatic rings. The monoisotopic (exact) mass is 485 g/mol. The summed E-state index contributed by atoms with van der Waals surface area (Å²) < 4.78 is 5.54. The first-order valence-corrected chi connectivity index (χ1v) is 12.8. The van der Waals surface area contributed by atoms with Crippen LogP contribution in [0.15, 0.2) is 78.3 Å². The van der Waals surface area contributed by atoms with Crippen LogP contribution in [-0.2, 0) is 4.74 Å². The van der Waals surface area contributed by atoms with E-state index in [-0.39, 0.29) is 0 Å². The number of amidine groups is 1. The third-order valence-electron chi connectivity index (χ3n) is 6.81. The van der Waals surface area contributed by atoms with E-state index in [2.05, 4.69) is 91.0 Å². The molecule has 1 fully saturated rings. The van der Waals surface area contributed by atoms with E-state index in [9.17, 15) is 0 Å². The van der Waals surface area contributed by atoms with E-state index in [0.29, 0.717) is 5.92 Å². The fraction of sp³-hybridized carbons (Fsp3) is 0.400. The van der Waals surface area contributed by atoms with Crippen molar-refractivity contribution in [3.63, 3.8) is 0 Å². The number of ether oxygens (including phenoxy) is 1. The molecule has 4 rings (SSSR count). The average Bonchev–Trinajstić information content (AvgIpc) is 3.31. The second-order valence-electron chi connectivity index (χ2n) is 9.95. The van der Waals surface area contributed by atoms with Crippen LogP contribution in [-0.4, -0.2) is 67.1 Å². The lowest BCUT2D eigenvalue weighted by Gasteiger charge is -2.29. The van der Waals surface area contributed by atoms with Gasteiger partial charge in [-0.1, -0.05) is 45.2 Å². The molecule has 1 saturated heterocycles. The van der Waals surface area contributed by atoms with Crippen LogP contribution in [0.4, 0.5) is 5.69 Å². The second-order valence-corrected chi connectivity index (χ2v) is 9.95. The number of aliphatic imine (C=N–C) groups is 1. The Bertz CT molecular complexity index is 1140. The zero-order chi connectivity index (χ0) is 25.7. The van der Waals surface area contributed by atoms with Crippen molar-refractivity contribution in [1.82, 2.24) is 14.8 Å². The van der Waals surface area contributed by atoms with E-state index in [1.54, 1.807) is 6.20 Å². The predicted octanol–water partition coefficient (Wildman–Crippen LogP) is 5.53. The average molecular weight is 486 g/mol. The van der Waals surface area contributed by atoms with Crippen molar-refractivity contribution in [3.8, 4) is 0 Å². The minimum atomic E-state index is 0.571. The molecule has 2 aliphatic heterocycles. The van der Waals surface area contributed by atoms with Gasteiger partial charge in [0.1, 0.15) is 11.7 Å². The van der Waals surface area contributed by atoms with Gasteiger partial charge in [-0.2, -0.15) is 0 Å². The van der Waals surface area contributed by atoms with Crippen LogP contribution in [0.2, 0.25) is 0 Å². The highest BCUT2D eigenvalue weighted by molar-refractivity contribution is 5.86. The summed E-state index contributed by atoms with van der Waals surface area (Å²) in [6.45, 7) is 20.5. The molecule has 2 aliphatic rings. The van der Waals surface area contributed by atoms with E-state index in [4.69, 9.17) is 9.73 Å². The summed E-state index contributed by atoms with van der Waals surface area (Å²) in [5.41, 5.74) is 6.48. The Hall–Kier alpha value is -3.38. The van der Waals surface area contributed by atoms with Crippen molar-refractivity contribution >= 4 is 22.8 Å². The topological polar surface area (TPSA) is 44.2 Å². The normalized spacial score (nSPS) is 16.6. The summed E-state index contributed by atoms with van der Waals surface area (Å²) in [4.78, 5) is 16.3. The van der Waals surface area contributed by atoms with Gasteiger partial charge in [0.15, 0.2) is 0 Å². The summed E-state index contributed by atoms with van der Waals surface area (Å²) >= 11 is 0. The summed E-state index contributed by atoms with van der Waals surface area (Å²) in [6.07, 6.45) is 4.58. The van der Waals surface area contributed by atoms with E-state index in [0.717, 1.165) is 85.6 Å². The smallest absolute Gasteiger partial charge is 0.138 e. The minimum Gasteiger partial charge on any atom is -0.378 e. The van der Waals surface area contributed by atoms with Crippen molar-refractivity contribution in [1.29, 1.82) is 0 Å². The Kier molecular flexibility index (Phi) is 8.26. The SMILES string of the molecule is C=C(C1=C(N=C(C)N2CCOCC2)N(c2cccnc2)CC1)c1cccc(C(=C)N(C)CC(C)C)c1. The highest BCUT2D eigenvalue weighted by Gasteiger charge is 2.27. The molecule has 36 heavy (non-hydrogen) atoms. The third kappa shape index (κ3) is 5.88. The summed E-state index contributed by atoms with van der Waals surface area (Å²) in [5.74, 6) is 2.53. The standard InChI is InChI=1S/C30H39N5O/c1-22(2)21-33(6)24(4)27-10-7-9-26(19-27)23(3)29-12-14-35(28-11-8-13-31-20-28)30(29)32-25(5)34-15-17-36-18-16-34/h7-11,13,19-20,22H,3-4,12,14-18,21H2,1-2,5-6H3. The first-order chi connectivity index (χ1) is 17.3. The van der Waals surface area contributed by atoms with Crippen molar-refractivity contribution in [2.45, 2.75) is 27.2 Å². The van der Waals surface area contributed by atoms with Gasteiger partial charge in [-0.15, -0.1) is 0 Å². The number of aromatic nitrogens is 1. The van der Waals surface area contributed by atoms with E-state index in [1.165, 1.54) is 5.57 Å². The van der Waals surface area contributed by atoms with E-state index in [1.807, 2.05) is 12.3 Å². The van der Waals surface area contributed by atoms with Crippen LogP contribution < -0.4 is 4.90 Å². The number of pyridine rings is 1. The minimum absolute atomic E-state index is 0.571. The fourth-order valence-electron chi connectivity index (χ4n) is 4.83. The maximum atomic E-state index is 5.54. The molecular formula is C30H39N5O. The Morgan fingerprint density at radius 1 is 1.11 bits per heavy atom. The number of nitrogens with zero attached hydrogens (tertiary/aromatic N) is 5. The molecule has 0 saturated carbocycles. The van der Waals surface area contributed by atoms with Gasteiger partial charge in [0.2, 0.25) is 0 Å². The molecule has 190 valence electrons. The molecular weight excluding hydrogens is 446 g/mol. The van der Waals surface area contributed by atoms with Crippen LogP contribution in [0, 0.1) is 5.92 Å². The molecule has 0 N–H and O–H groups in total. The van der Waals surface area contributed by atoms with Crippen molar-refractivity contribution in [2.75, 3.05) is 51.3 Å². The number of morpholine rings is 1. The number of hydrogen-bond acceptors (Lipinski definition) is 5. The van der Waals surface area contributed by atoms with Crippen LogP contribution in [0.3, 0.4) is 0 Å². The van der Waals surface area contributed by atoms with Gasteiger partial charge in [-0.05, 0) is 54.2 Å². The summed E-state index contributed by atoms with van der Waals surface area (Å²) in [5, 5.41) is 0. The number of benzene rings is 1. The first-order valence-electron chi connectivity index (χ1n) is 12.8. The molecule has 1 aromatic carbocycles. The lowest BCUT2D eigenvalue weighted by Crippen LogP contribution is -2.39. The summed E-state index contributed by atoms with van der Waals surface area (Å²) in [7, 11) is 2.11. The van der Waals surface area contributed by atoms with E-state index >= 15 is 0 Å². The van der Waals surface area contributed by atoms with Crippen molar-refractivity contribution < 1.29 is 4.74 Å². The number of anilines is 1. The van der Waals surface area contributed by atoms with Crippen LogP contribution in [0.25, 0.3) is 11.3 Å². The Morgan fingerprint density at radius 2 is 1.86 bits per heavy atom. The van der Waals surface area contributed by atoms with Crippen LogP contribution in [0.1, 0.15) is 38.3 Å². The number of allylic oxidation sites excluding steroid dienone is 1. The van der Waals surface area contributed by atoms with Gasteiger partial charge in [0.25, 0.3) is 0 Å². The van der Waals surface area contributed by atoms with Gasteiger partial charge in [0.05, 0.1) is 25.1 Å². The third-order valence-corrected chi connectivity index (χ3v) is 6.81. The molecule has 0 bridgehead atoms. The molecule has 0 spiro atoms. The van der Waals surface area contributed by atoms with Gasteiger partial charge in [0, 0.05) is 50.7 Å². The number of hydrogen-bond donors (Lipinski definition) is 0. The Morgan fingerprint density at radius 3 is 2.56 bits per heavy atom. The molecule has 6 nitrogen and oxygen atoms in total. The number of rotatable bonds is 8. The molecule has 0 radical (unpaired) electrons. The van der Waals surface area contributed by atoms with Crippen LogP contribution >= 0.6 is 0 Å². The molecule has 0 atom stereocenters. The zero-order valence-corrected chi connectivity index (χ0v) is 22.2. The predicted molar refractivity (Wildman–Crippen MR) is 151 cm³/mol. The highest BCUT2D eigenvalue weighted by atomic mass is 16.5. The van der Waals surface area contributed by atoms with Crippen LogP contribution in [0.5, 0.6) is 0 Å². The van der Waals surface area contributed by atoms with Gasteiger partial charge >= 0.3 is 0 Å². The molecule has 0 unspecified atom stereocenters. The first kappa shape index (κ1) is 25.7. The molecule has 3 heterocycles. The largest absolute Gasteiger partial charge is 0.378 e. The Balaban J connectivity index is 1.69. The van der Waals surface area contributed by atoms with Gasteiger partial charge in [-0.25, -0.2) is 4.99 Å². The fourth-order valence-corrected chi connectivity index (χ4v) is 4.83.